The average molecular weight is 152 g/mol. The van der Waals surface area contributed by atoms with Gasteiger partial charge in [0.1, 0.15) is 5.78 Å². The third-order valence-corrected chi connectivity index (χ3v) is 3.50. The highest BCUT2D eigenvalue weighted by atomic mass is 16.1. The van der Waals surface area contributed by atoms with Crippen molar-refractivity contribution in [3.63, 3.8) is 0 Å². The summed E-state index contributed by atoms with van der Waals surface area (Å²) in [7, 11) is 0. The molecule has 2 fully saturated rings. The van der Waals surface area contributed by atoms with Crippen LogP contribution in [0.15, 0.2) is 0 Å². The number of carbonyl (C=O) groups is 1. The molecule has 2 aliphatic carbocycles. The van der Waals surface area contributed by atoms with Crippen LogP contribution >= 0.6 is 0 Å². The second-order valence-electron chi connectivity index (χ2n) is 4.27. The number of rotatable bonds is 2. The molecule has 0 aliphatic heterocycles. The van der Waals surface area contributed by atoms with Crippen LogP contribution in [0.1, 0.15) is 45.4 Å². The van der Waals surface area contributed by atoms with Gasteiger partial charge in [0.25, 0.3) is 0 Å². The third-order valence-electron chi connectivity index (χ3n) is 3.50. The van der Waals surface area contributed by atoms with Crippen LogP contribution in [0.4, 0.5) is 0 Å². The molecule has 0 amide bonds. The van der Waals surface area contributed by atoms with Gasteiger partial charge in [0.05, 0.1) is 0 Å². The van der Waals surface area contributed by atoms with E-state index >= 15 is 0 Å². The maximum Gasteiger partial charge on any atom is 0.139 e. The summed E-state index contributed by atoms with van der Waals surface area (Å²) < 4.78 is 0. The molecule has 2 bridgehead atoms. The summed E-state index contributed by atoms with van der Waals surface area (Å²) >= 11 is 0. The van der Waals surface area contributed by atoms with E-state index < -0.39 is 0 Å². The Morgan fingerprint density at radius 2 is 2.45 bits per heavy atom. The van der Waals surface area contributed by atoms with Gasteiger partial charge in [-0.1, -0.05) is 13.3 Å². The third kappa shape index (κ3) is 0.935. The quantitative estimate of drug-likeness (QED) is 0.594. The van der Waals surface area contributed by atoms with Crippen molar-refractivity contribution in [2.45, 2.75) is 45.4 Å². The zero-order valence-electron chi connectivity index (χ0n) is 7.23. The van der Waals surface area contributed by atoms with Gasteiger partial charge < -0.3 is 0 Å². The Bertz CT molecular complexity index is 185. The van der Waals surface area contributed by atoms with Crippen molar-refractivity contribution in [1.82, 2.24) is 0 Å². The zero-order chi connectivity index (χ0) is 7.90. The fourth-order valence-corrected chi connectivity index (χ4v) is 2.99. The normalized spacial score (nSPS) is 41.9. The summed E-state index contributed by atoms with van der Waals surface area (Å²) in [4.78, 5) is 11.5. The fraction of sp³-hybridized carbons (Fsp3) is 0.900. The number of ketones is 1. The molecule has 2 saturated carbocycles. The highest BCUT2D eigenvalue weighted by Crippen LogP contribution is 2.53. The number of Topliss-reactive ketones (excluding diaryl/α,β-unsaturated/α-hetero) is 1. The predicted octanol–water partition coefficient (Wildman–Crippen LogP) is 2.55. The number of hydrogen-bond donors (Lipinski definition) is 0. The molecule has 1 heteroatoms. The monoisotopic (exact) mass is 152 g/mol. The van der Waals surface area contributed by atoms with Gasteiger partial charge >= 0.3 is 0 Å². The van der Waals surface area contributed by atoms with E-state index in [4.69, 9.17) is 0 Å². The van der Waals surface area contributed by atoms with E-state index in [1.807, 2.05) is 0 Å². The topological polar surface area (TPSA) is 17.1 Å². The largest absolute Gasteiger partial charge is 0.299 e. The Balaban J connectivity index is 2.16. The first-order chi connectivity index (χ1) is 5.27. The molecular formula is C10H16O. The molecule has 0 N–H and O–H groups in total. The van der Waals surface area contributed by atoms with Gasteiger partial charge in [0.2, 0.25) is 0 Å². The second-order valence-corrected chi connectivity index (χ2v) is 4.27. The lowest BCUT2D eigenvalue weighted by molar-refractivity contribution is -0.127. The van der Waals surface area contributed by atoms with Crippen LogP contribution in [0.25, 0.3) is 0 Å². The van der Waals surface area contributed by atoms with E-state index in [1.165, 1.54) is 25.7 Å². The lowest BCUT2D eigenvalue weighted by Crippen LogP contribution is -2.24. The molecule has 2 unspecified atom stereocenters. The maximum absolute atomic E-state index is 11.5. The molecule has 0 radical (unpaired) electrons. The lowest BCUT2D eigenvalue weighted by Gasteiger charge is -2.23. The van der Waals surface area contributed by atoms with E-state index in [0.717, 1.165) is 18.8 Å². The minimum atomic E-state index is 0.180. The molecule has 0 saturated heterocycles. The summed E-state index contributed by atoms with van der Waals surface area (Å²) in [6.45, 7) is 2.19. The predicted molar refractivity (Wildman–Crippen MR) is 44.3 cm³/mol. The summed E-state index contributed by atoms with van der Waals surface area (Å²) in [6.07, 6.45) is 6.98. The zero-order valence-corrected chi connectivity index (χ0v) is 7.23. The van der Waals surface area contributed by atoms with E-state index in [-0.39, 0.29) is 5.41 Å². The van der Waals surface area contributed by atoms with Gasteiger partial charge in [-0.3, -0.25) is 4.79 Å². The fourth-order valence-electron chi connectivity index (χ4n) is 2.99. The Labute approximate surface area is 68.2 Å². The minimum absolute atomic E-state index is 0.180. The van der Waals surface area contributed by atoms with Crippen molar-refractivity contribution in [3.05, 3.63) is 0 Å². The van der Waals surface area contributed by atoms with Crippen LogP contribution in [-0.4, -0.2) is 5.78 Å². The molecule has 0 aromatic rings. The first kappa shape index (κ1) is 7.33. The first-order valence-electron chi connectivity index (χ1n) is 4.80. The highest BCUT2D eigenvalue weighted by Gasteiger charge is 2.50. The molecule has 2 rings (SSSR count). The Morgan fingerprint density at radius 1 is 1.64 bits per heavy atom. The Kier molecular flexibility index (Phi) is 1.55. The molecule has 0 spiro atoms. The summed E-state index contributed by atoms with van der Waals surface area (Å²) in [6, 6.07) is 0. The summed E-state index contributed by atoms with van der Waals surface area (Å²) in [5.74, 6) is 1.35. The molecule has 0 heterocycles. The van der Waals surface area contributed by atoms with E-state index in [9.17, 15) is 4.79 Å². The number of fused-ring (bicyclic) bond motifs is 2. The molecule has 11 heavy (non-hydrogen) atoms. The van der Waals surface area contributed by atoms with Crippen LogP contribution in [0.3, 0.4) is 0 Å². The van der Waals surface area contributed by atoms with Gasteiger partial charge in [-0.2, -0.15) is 0 Å². The molecule has 1 nitrogen and oxygen atoms in total. The van der Waals surface area contributed by atoms with Crippen molar-refractivity contribution < 1.29 is 4.79 Å². The van der Waals surface area contributed by atoms with Gasteiger partial charge in [-0.15, -0.1) is 0 Å². The van der Waals surface area contributed by atoms with Gasteiger partial charge in [0, 0.05) is 11.8 Å². The average Bonchev–Trinajstić information content (AvgIpc) is 2.45. The van der Waals surface area contributed by atoms with E-state index in [0.29, 0.717) is 5.78 Å². The van der Waals surface area contributed by atoms with Crippen molar-refractivity contribution in [2.75, 3.05) is 0 Å². The number of carbonyl (C=O) groups excluding carboxylic acids is 1. The SMILES string of the molecule is CCCC12CCC(CC1=O)C2. The molecule has 0 aromatic heterocycles. The van der Waals surface area contributed by atoms with Crippen LogP contribution < -0.4 is 0 Å². The van der Waals surface area contributed by atoms with Crippen LogP contribution in [-0.2, 0) is 4.79 Å². The smallest absolute Gasteiger partial charge is 0.139 e. The molecular weight excluding hydrogens is 136 g/mol. The standard InChI is InChI=1S/C10H16O/c1-2-4-10-5-3-8(7-10)6-9(10)11/h8H,2-7H2,1H3. The van der Waals surface area contributed by atoms with Crippen LogP contribution in [0, 0.1) is 11.3 Å². The van der Waals surface area contributed by atoms with Gasteiger partial charge in [-0.25, -0.2) is 0 Å². The maximum atomic E-state index is 11.5. The first-order valence-corrected chi connectivity index (χ1v) is 4.80. The summed E-state index contributed by atoms with van der Waals surface area (Å²) in [5.41, 5.74) is 0.180. The van der Waals surface area contributed by atoms with Gasteiger partial charge in [-0.05, 0) is 31.6 Å². The van der Waals surface area contributed by atoms with Crippen molar-refractivity contribution >= 4 is 5.78 Å². The van der Waals surface area contributed by atoms with Gasteiger partial charge in [0.15, 0.2) is 0 Å². The Hall–Kier alpha value is -0.330. The minimum Gasteiger partial charge on any atom is -0.299 e. The Morgan fingerprint density at radius 3 is 2.91 bits per heavy atom. The molecule has 62 valence electrons. The lowest BCUT2D eigenvalue weighted by atomic mass is 9.79. The number of hydrogen-bond acceptors (Lipinski definition) is 1. The molecule has 0 aromatic carbocycles. The molecule has 2 atom stereocenters. The van der Waals surface area contributed by atoms with Crippen LogP contribution in [0.5, 0.6) is 0 Å². The highest BCUT2D eigenvalue weighted by molar-refractivity contribution is 5.88. The van der Waals surface area contributed by atoms with Crippen LogP contribution in [0.2, 0.25) is 0 Å². The van der Waals surface area contributed by atoms with E-state index in [1.54, 1.807) is 0 Å². The van der Waals surface area contributed by atoms with Crippen molar-refractivity contribution in [2.24, 2.45) is 11.3 Å². The summed E-state index contributed by atoms with van der Waals surface area (Å²) in [5, 5.41) is 0. The van der Waals surface area contributed by atoms with Crippen molar-refractivity contribution in [3.8, 4) is 0 Å². The van der Waals surface area contributed by atoms with E-state index in [2.05, 4.69) is 6.92 Å². The van der Waals surface area contributed by atoms with Crippen molar-refractivity contribution in [1.29, 1.82) is 0 Å². The second kappa shape index (κ2) is 2.33. The molecule has 2 aliphatic rings.